The van der Waals surface area contributed by atoms with E-state index in [4.69, 9.17) is 57.5 Å². The highest BCUT2D eigenvalue weighted by atomic mass is 35.5. The van der Waals surface area contributed by atoms with Crippen LogP contribution in [0.5, 0.6) is 0 Å². The number of alkyl halides is 5. The van der Waals surface area contributed by atoms with Crippen LogP contribution in [0.4, 0.5) is 22.8 Å². The Bertz CT molecular complexity index is 2200. The second-order valence-electron chi connectivity index (χ2n) is 18.9. The van der Waals surface area contributed by atoms with Gasteiger partial charge in [-0.1, -0.05) is 71.7 Å². The number of nitrogens with one attached hydrogen (secondary N) is 1. The van der Waals surface area contributed by atoms with E-state index in [1.54, 1.807) is 106 Å². The third-order valence-corrected chi connectivity index (χ3v) is 10.8. The molecule has 16 nitrogen and oxygen atoms in total. The van der Waals surface area contributed by atoms with Crippen molar-refractivity contribution in [3.63, 3.8) is 0 Å². The van der Waals surface area contributed by atoms with Gasteiger partial charge in [0.25, 0.3) is 5.91 Å². The summed E-state index contributed by atoms with van der Waals surface area (Å²) in [5.74, 6) is -2.98. The number of carbonyl (C=O) groups excluding carboxylic acids is 3. The summed E-state index contributed by atoms with van der Waals surface area (Å²) < 4.78 is 63.2. The standard InChI is InChI=1S/C18H24FNO5.C18H26FNO4.C12H12Cl2FNO4/c1-17(2,3)25-16(23)20-13(10-19)14(24-18(20,4)5)11-6-8-12(9-7-11)15(21)22;1-17(2,3)24-16(22)20-14(10-19)15(23-18(20,4)5)13-8-6-12(11-21)7-9-13;13-10(14)11(18)16-8(5-15)9(17)6-1-3-7(4-2-6)12(19)20/h6-9,13-14H,10H2,1-5H3,(H,21,22);6-9,14-15,21H,10-11H2,1-5H3;1-4,8-10,17H,5H2,(H,16,18)(H,19,20)/t13-,14-;14-,15-;8?,9-/m111/s1. The van der Waals surface area contributed by atoms with Gasteiger partial charge in [-0.2, -0.15) is 0 Å². The van der Waals surface area contributed by atoms with Gasteiger partial charge in [0, 0.05) is 0 Å². The van der Waals surface area contributed by atoms with E-state index >= 15 is 0 Å². The second-order valence-corrected chi connectivity index (χ2v) is 20.0. The number of carbonyl (C=O) groups is 5. The van der Waals surface area contributed by atoms with Gasteiger partial charge in [0.15, 0.2) is 4.84 Å². The summed E-state index contributed by atoms with van der Waals surface area (Å²) in [4.78, 5) is 59.2. The fraction of sp³-hybridized carbons (Fsp3) is 0.521. The van der Waals surface area contributed by atoms with Crippen molar-refractivity contribution in [2.75, 3.05) is 20.0 Å². The summed E-state index contributed by atoms with van der Waals surface area (Å²) >= 11 is 10.6. The van der Waals surface area contributed by atoms with Crippen molar-refractivity contribution in [3.05, 3.63) is 106 Å². The molecule has 3 amide bonds. The fourth-order valence-corrected chi connectivity index (χ4v) is 7.43. The molecule has 0 aliphatic carbocycles. The Balaban J connectivity index is 0.000000276. The molecular formula is C48H62Cl2F3N3O13. The van der Waals surface area contributed by atoms with Gasteiger partial charge in [-0.25, -0.2) is 32.3 Å². The number of rotatable bonds is 12. The second kappa shape index (κ2) is 24.1. The van der Waals surface area contributed by atoms with E-state index in [2.05, 4.69) is 5.32 Å². The number of halogens is 5. The Hall–Kier alpha value is -5.18. The van der Waals surface area contributed by atoms with Gasteiger partial charge in [0.1, 0.15) is 61.0 Å². The van der Waals surface area contributed by atoms with Crippen molar-refractivity contribution < 1.29 is 76.5 Å². The van der Waals surface area contributed by atoms with Crippen LogP contribution in [0.3, 0.4) is 0 Å². The quantitative estimate of drug-likeness (QED) is 0.107. The van der Waals surface area contributed by atoms with Crippen LogP contribution in [-0.2, 0) is 30.3 Å². The maximum absolute atomic E-state index is 13.8. The van der Waals surface area contributed by atoms with Crippen LogP contribution in [0.2, 0.25) is 0 Å². The lowest BCUT2D eigenvalue weighted by molar-refractivity contribution is -0.121. The monoisotopic (exact) mass is 1020 g/mol. The Morgan fingerprint density at radius 1 is 0.681 bits per heavy atom. The van der Waals surface area contributed by atoms with E-state index in [1.165, 1.54) is 46.2 Å². The van der Waals surface area contributed by atoms with Crippen molar-refractivity contribution in [1.82, 2.24) is 15.1 Å². The minimum atomic E-state index is -1.37. The van der Waals surface area contributed by atoms with Crippen LogP contribution < -0.4 is 5.32 Å². The predicted molar refractivity (Wildman–Crippen MR) is 249 cm³/mol. The molecular weight excluding hydrogens is 954 g/mol. The first-order valence-electron chi connectivity index (χ1n) is 21.6. The summed E-state index contributed by atoms with van der Waals surface area (Å²) in [6.45, 7) is 14.7. The third kappa shape index (κ3) is 15.9. The molecule has 2 heterocycles. The van der Waals surface area contributed by atoms with Crippen molar-refractivity contribution >= 4 is 53.2 Å². The highest BCUT2D eigenvalue weighted by Crippen LogP contribution is 2.43. The van der Waals surface area contributed by atoms with E-state index in [9.17, 15) is 42.3 Å². The average molecular weight is 1020 g/mol. The van der Waals surface area contributed by atoms with Crippen LogP contribution in [0.15, 0.2) is 72.8 Å². The van der Waals surface area contributed by atoms with Gasteiger partial charge in [-0.3, -0.25) is 14.6 Å². The number of carboxylic acids is 2. The SMILES string of the molecule is CC(C)(C)OC(=O)N1[C@H](CF)[C@@H](c2ccc(C(=O)O)cc2)OC1(C)C.CC(C)(C)OC(=O)N1[C@H](CF)[C@@H](c2ccc(CO)cc2)OC1(C)C.O=C(O)c1ccc([C@@H](O)C(CF)NC(=O)C(Cl)Cl)cc1. The summed E-state index contributed by atoms with van der Waals surface area (Å²) in [6.07, 6.45) is -3.89. The largest absolute Gasteiger partial charge is 0.478 e. The molecule has 2 fully saturated rings. The zero-order valence-electron chi connectivity index (χ0n) is 40.0. The number of ether oxygens (including phenoxy) is 4. The van der Waals surface area contributed by atoms with Gasteiger partial charge in [-0.05, 0) is 116 Å². The molecule has 5 N–H and O–H groups in total. The fourth-order valence-electron chi connectivity index (χ4n) is 7.31. The zero-order valence-corrected chi connectivity index (χ0v) is 41.6. The summed E-state index contributed by atoms with van der Waals surface area (Å²) in [6, 6.07) is 15.5. The van der Waals surface area contributed by atoms with Crippen LogP contribution in [0.1, 0.15) is 131 Å². The molecule has 382 valence electrons. The first-order chi connectivity index (χ1) is 31.9. The number of aliphatic hydroxyl groups excluding tert-OH is 2. The number of amides is 3. The number of aliphatic hydroxyl groups is 2. The van der Waals surface area contributed by atoms with E-state index in [1.807, 2.05) is 0 Å². The van der Waals surface area contributed by atoms with E-state index in [0.717, 1.165) is 11.1 Å². The number of hydrogen-bond donors (Lipinski definition) is 5. The molecule has 0 bridgehead atoms. The topological polar surface area (TPSA) is 222 Å². The third-order valence-electron chi connectivity index (χ3n) is 10.4. The lowest BCUT2D eigenvalue weighted by Crippen LogP contribution is -2.50. The Morgan fingerprint density at radius 3 is 1.35 bits per heavy atom. The molecule has 2 saturated heterocycles. The van der Waals surface area contributed by atoms with Crippen molar-refractivity contribution in [2.45, 2.75) is 140 Å². The molecule has 69 heavy (non-hydrogen) atoms. The molecule has 0 aromatic heterocycles. The van der Waals surface area contributed by atoms with E-state index in [-0.39, 0.29) is 23.3 Å². The van der Waals surface area contributed by atoms with E-state index in [0.29, 0.717) is 5.56 Å². The number of carboxylic acid groups (broad SMARTS) is 2. The molecule has 0 spiro atoms. The van der Waals surface area contributed by atoms with Crippen LogP contribution in [0, 0.1) is 0 Å². The lowest BCUT2D eigenvalue weighted by atomic mass is 10.0. The molecule has 6 atom stereocenters. The Kier molecular flexibility index (Phi) is 20.3. The van der Waals surface area contributed by atoms with Crippen LogP contribution in [0.25, 0.3) is 0 Å². The molecule has 1 unspecified atom stereocenters. The smallest absolute Gasteiger partial charge is 0.413 e. The van der Waals surface area contributed by atoms with Gasteiger partial charge < -0.3 is 44.7 Å². The maximum atomic E-state index is 13.8. The van der Waals surface area contributed by atoms with Crippen LogP contribution in [-0.4, -0.2) is 126 Å². The van der Waals surface area contributed by atoms with Gasteiger partial charge in [-0.15, -0.1) is 0 Å². The molecule has 0 saturated carbocycles. The first-order valence-corrected chi connectivity index (χ1v) is 22.5. The van der Waals surface area contributed by atoms with Gasteiger partial charge in [0.2, 0.25) is 0 Å². The first kappa shape index (κ1) is 58.1. The number of benzene rings is 3. The summed E-state index contributed by atoms with van der Waals surface area (Å²) in [5.41, 5.74) is -0.889. The number of hydrogen-bond acceptors (Lipinski definition) is 11. The minimum Gasteiger partial charge on any atom is -0.478 e. The lowest BCUT2D eigenvalue weighted by Gasteiger charge is -2.34. The normalized spacial score (nSPS) is 20.4. The molecule has 0 radical (unpaired) electrons. The number of aromatic carboxylic acids is 2. The highest BCUT2D eigenvalue weighted by Gasteiger charge is 2.53. The number of nitrogens with zero attached hydrogens (tertiary/aromatic N) is 2. The van der Waals surface area contributed by atoms with Crippen molar-refractivity contribution in [3.8, 4) is 0 Å². The molecule has 5 rings (SSSR count). The maximum Gasteiger partial charge on any atom is 0.413 e. The predicted octanol–water partition coefficient (Wildman–Crippen LogP) is 9.01. The van der Waals surface area contributed by atoms with E-state index < -0.39 is 114 Å². The molecule has 21 heteroatoms. The van der Waals surface area contributed by atoms with Gasteiger partial charge >= 0.3 is 24.1 Å². The van der Waals surface area contributed by atoms with Gasteiger partial charge in [0.05, 0.1) is 35.9 Å². The Morgan fingerprint density at radius 2 is 1.04 bits per heavy atom. The Labute approximate surface area is 409 Å². The molecule has 3 aromatic rings. The summed E-state index contributed by atoms with van der Waals surface area (Å²) in [5, 5.41) is 39.0. The average Bonchev–Trinajstić information content (AvgIpc) is 3.72. The summed E-state index contributed by atoms with van der Waals surface area (Å²) in [7, 11) is 0. The minimum absolute atomic E-state index is 0.0309. The molecule has 2 aliphatic rings. The highest BCUT2D eigenvalue weighted by molar-refractivity contribution is 6.53. The molecule has 2 aliphatic heterocycles. The van der Waals surface area contributed by atoms with Crippen molar-refractivity contribution in [1.29, 1.82) is 0 Å². The van der Waals surface area contributed by atoms with Crippen LogP contribution >= 0.6 is 23.2 Å². The molecule has 3 aromatic carbocycles. The zero-order chi connectivity index (χ0) is 52.4. The van der Waals surface area contributed by atoms with Crippen molar-refractivity contribution in [2.24, 2.45) is 0 Å².